The van der Waals surface area contributed by atoms with Crippen LogP contribution < -0.4 is 4.90 Å². The standard InChI is InChI=1S/C29H23N.C15H16.C13H12/c1-22-14-16-23(17-15-22)24-18-20-27(21-19-24)30(26-10-3-2-4-11-26)29-13-7-9-25-8-5-6-12-28(25)29;1-2-6-13-9-11-15(12-10-13)14-7-4-3-5-8-14;1-11-7-9-13(10-8-11)12-5-3-2-4-6-12/h2-21H,1H3;3-5,7-12H,2,6H2,1H3;2-10H,1H3. The van der Waals surface area contributed by atoms with Crippen molar-refractivity contribution in [3.63, 3.8) is 0 Å². The highest BCUT2D eigenvalue weighted by Gasteiger charge is 2.15. The Morgan fingerprint density at radius 2 is 0.707 bits per heavy atom. The Morgan fingerprint density at radius 3 is 1.21 bits per heavy atom. The lowest BCUT2D eigenvalue weighted by Crippen LogP contribution is -2.10. The molecule has 9 aromatic carbocycles. The summed E-state index contributed by atoms with van der Waals surface area (Å²) in [5.74, 6) is 0. The first-order chi connectivity index (χ1) is 28.6. The van der Waals surface area contributed by atoms with E-state index in [0.29, 0.717) is 0 Å². The molecule has 0 saturated heterocycles. The summed E-state index contributed by atoms with van der Waals surface area (Å²) in [7, 11) is 0. The number of para-hydroxylation sites is 1. The molecular weight excluding hydrogens is 699 g/mol. The Morgan fingerprint density at radius 1 is 0.328 bits per heavy atom. The summed E-state index contributed by atoms with van der Waals surface area (Å²) < 4.78 is 0. The fourth-order valence-corrected chi connectivity index (χ4v) is 7.12. The molecule has 0 heterocycles. The monoisotopic (exact) mass is 749 g/mol. The van der Waals surface area contributed by atoms with Gasteiger partial charge in [-0.25, -0.2) is 0 Å². The van der Waals surface area contributed by atoms with E-state index in [-0.39, 0.29) is 0 Å². The van der Waals surface area contributed by atoms with Crippen molar-refractivity contribution in [3.8, 4) is 33.4 Å². The molecule has 0 spiro atoms. The third-order valence-corrected chi connectivity index (χ3v) is 10.3. The van der Waals surface area contributed by atoms with E-state index in [1.165, 1.54) is 79.4 Å². The maximum absolute atomic E-state index is 2.33. The van der Waals surface area contributed by atoms with Gasteiger partial charge in [-0.2, -0.15) is 0 Å². The number of hydrogen-bond acceptors (Lipinski definition) is 1. The topological polar surface area (TPSA) is 3.24 Å². The molecule has 0 radical (unpaired) electrons. The van der Waals surface area contributed by atoms with Crippen LogP contribution in [-0.2, 0) is 6.42 Å². The SMILES string of the molecule is CCCc1ccc(-c2ccccc2)cc1.Cc1ccc(-c2ccc(N(c3ccccc3)c3cccc4ccccc34)cc2)cc1.Cc1ccc(-c2ccccc2)cc1. The molecule has 1 heteroatoms. The van der Waals surface area contributed by atoms with Gasteiger partial charge >= 0.3 is 0 Å². The van der Waals surface area contributed by atoms with Gasteiger partial charge in [0, 0.05) is 16.8 Å². The molecule has 0 unspecified atom stereocenters. The highest BCUT2D eigenvalue weighted by molar-refractivity contribution is 5.99. The van der Waals surface area contributed by atoms with Crippen LogP contribution in [0.15, 0.2) is 231 Å². The average molecular weight is 750 g/mol. The van der Waals surface area contributed by atoms with E-state index in [1.54, 1.807) is 0 Å². The summed E-state index contributed by atoms with van der Waals surface area (Å²) in [4.78, 5) is 2.33. The maximum Gasteiger partial charge on any atom is 0.0540 e. The van der Waals surface area contributed by atoms with Crippen LogP contribution in [0.25, 0.3) is 44.2 Å². The van der Waals surface area contributed by atoms with E-state index in [2.05, 4.69) is 250 Å². The zero-order valence-corrected chi connectivity index (χ0v) is 33.8. The van der Waals surface area contributed by atoms with Gasteiger partial charge in [-0.05, 0) is 94.9 Å². The van der Waals surface area contributed by atoms with Crippen LogP contribution in [0.5, 0.6) is 0 Å². The second-order valence-electron chi connectivity index (χ2n) is 14.6. The van der Waals surface area contributed by atoms with E-state index in [0.717, 1.165) is 11.4 Å². The van der Waals surface area contributed by atoms with Crippen molar-refractivity contribution >= 4 is 27.8 Å². The Balaban J connectivity index is 0.000000152. The zero-order valence-electron chi connectivity index (χ0n) is 33.8. The van der Waals surface area contributed by atoms with Crippen LogP contribution in [-0.4, -0.2) is 0 Å². The van der Waals surface area contributed by atoms with Gasteiger partial charge in [0.1, 0.15) is 0 Å². The van der Waals surface area contributed by atoms with Crippen LogP contribution in [0.3, 0.4) is 0 Å². The molecule has 58 heavy (non-hydrogen) atoms. The van der Waals surface area contributed by atoms with E-state index < -0.39 is 0 Å². The van der Waals surface area contributed by atoms with Crippen LogP contribution in [0.4, 0.5) is 17.1 Å². The molecular formula is C57H51N. The normalized spacial score (nSPS) is 10.5. The quantitative estimate of drug-likeness (QED) is 0.150. The Bertz CT molecular complexity index is 2570. The minimum Gasteiger partial charge on any atom is -0.310 e. The fourth-order valence-electron chi connectivity index (χ4n) is 7.12. The lowest BCUT2D eigenvalue weighted by Gasteiger charge is -2.27. The minimum absolute atomic E-state index is 1.15. The first kappa shape index (κ1) is 39.3. The second kappa shape index (κ2) is 19.8. The lowest BCUT2D eigenvalue weighted by atomic mass is 10.0. The number of fused-ring (bicyclic) bond motifs is 1. The predicted molar refractivity (Wildman–Crippen MR) is 251 cm³/mol. The first-order valence-electron chi connectivity index (χ1n) is 20.3. The van der Waals surface area contributed by atoms with Crippen LogP contribution in [0.2, 0.25) is 0 Å². The third kappa shape index (κ3) is 10.3. The molecule has 0 amide bonds. The summed E-state index contributed by atoms with van der Waals surface area (Å²) in [6.45, 7) is 6.44. The molecule has 9 rings (SSSR count). The fraction of sp³-hybridized carbons (Fsp3) is 0.0877. The molecule has 0 aliphatic rings. The molecule has 9 aromatic rings. The minimum atomic E-state index is 1.15. The molecule has 0 N–H and O–H groups in total. The third-order valence-electron chi connectivity index (χ3n) is 10.3. The van der Waals surface area contributed by atoms with Gasteiger partial charge in [0.2, 0.25) is 0 Å². The summed E-state index contributed by atoms with van der Waals surface area (Å²) >= 11 is 0. The van der Waals surface area contributed by atoms with Crippen LogP contribution in [0, 0.1) is 13.8 Å². The number of nitrogens with zero attached hydrogens (tertiary/aromatic N) is 1. The Hall–Kier alpha value is -6.96. The van der Waals surface area contributed by atoms with Crippen molar-refractivity contribution in [1.82, 2.24) is 0 Å². The molecule has 0 saturated carbocycles. The van der Waals surface area contributed by atoms with Crippen molar-refractivity contribution < 1.29 is 0 Å². The summed E-state index contributed by atoms with van der Waals surface area (Å²) in [5.41, 5.74) is 15.1. The van der Waals surface area contributed by atoms with E-state index >= 15 is 0 Å². The molecule has 1 nitrogen and oxygen atoms in total. The molecule has 0 aliphatic carbocycles. The first-order valence-corrected chi connectivity index (χ1v) is 20.3. The van der Waals surface area contributed by atoms with Crippen LogP contribution >= 0.6 is 0 Å². The summed E-state index contributed by atoms with van der Waals surface area (Å²) in [6.07, 6.45) is 2.39. The maximum atomic E-state index is 2.33. The van der Waals surface area contributed by atoms with Crippen molar-refractivity contribution in [3.05, 3.63) is 247 Å². The highest BCUT2D eigenvalue weighted by atomic mass is 15.1. The lowest BCUT2D eigenvalue weighted by molar-refractivity contribution is 0.922. The van der Waals surface area contributed by atoms with Crippen molar-refractivity contribution in [2.24, 2.45) is 0 Å². The number of hydrogen-bond donors (Lipinski definition) is 0. The van der Waals surface area contributed by atoms with Crippen LogP contribution in [0.1, 0.15) is 30.0 Å². The van der Waals surface area contributed by atoms with Gasteiger partial charge in [-0.15, -0.1) is 0 Å². The molecule has 284 valence electrons. The van der Waals surface area contributed by atoms with Gasteiger partial charge < -0.3 is 4.90 Å². The molecule has 0 aliphatic heterocycles. The van der Waals surface area contributed by atoms with Gasteiger partial charge in [0.15, 0.2) is 0 Å². The number of benzene rings is 9. The Labute approximate surface area is 345 Å². The molecule has 0 fully saturated rings. The van der Waals surface area contributed by atoms with Crippen molar-refractivity contribution in [2.75, 3.05) is 4.90 Å². The highest BCUT2D eigenvalue weighted by Crippen LogP contribution is 2.39. The van der Waals surface area contributed by atoms with E-state index in [9.17, 15) is 0 Å². The smallest absolute Gasteiger partial charge is 0.0540 e. The molecule has 0 atom stereocenters. The average Bonchev–Trinajstić information content (AvgIpc) is 3.29. The van der Waals surface area contributed by atoms with Gasteiger partial charge in [-0.3, -0.25) is 0 Å². The van der Waals surface area contributed by atoms with Crippen molar-refractivity contribution in [1.29, 1.82) is 0 Å². The summed E-state index contributed by atoms with van der Waals surface area (Å²) in [5, 5.41) is 2.48. The number of anilines is 3. The van der Waals surface area contributed by atoms with Gasteiger partial charge in [-0.1, -0.05) is 225 Å². The Kier molecular flexibility index (Phi) is 13.4. The zero-order chi connectivity index (χ0) is 39.9. The van der Waals surface area contributed by atoms with E-state index in [4.69, 9.17) is 0 Å². The largest absolute Gasteiger partial charge is 0.310 e. The second-order valence-corrected chi connectivity index (χ2v) is 14.6. The van der Waals surface area contributed by atoms with Gasteiger partial charge in [0.25, 0.3) is 0 Å². The van der Waals surface area contributed by atoms with Crippen molar-refractivity contribution in [2.45, 2.75) is 33.6 Å². The summed E-state index contributed by atoms with van der Waals surface area (Å²) in [6, 6.07) is 81.6. The predicted octanol–water partition coefficient (Wildman–Crippen LogP) is 16.3. The number of aryl methyl sites for hydroxylation is 3. The number of rotatable bonds is 8. The molecule has 0 aromatic heterocycles. The molecule has 0 bridgehead atoms. The van der Waals surface area contributed by atoms with E-state index in [1.807, 2.05) is 6.07 Å². The van der Waals surface area contributed by atoms with Gasteiger partial charge in [0.05, 0.1) is 5.69 Å².